The number of piperazine rings is 1. The van der Waals surface area contributed by atoms with Gasteiger partial charge in [-0.2, -0.15) is 0 Å². The van der Waals surface area contributed by atoms with Crippen molar-refractivity contribution < 1.29 is 36.4 Å². The number of nitrogens with one attached hydrogen (secondary N) is 3. The lowest BCUT2D eigenvalue weighted by Gasteiger charge is -2.43. The van der Waals surface area contributed by atoms with Crippen molar-refractivity contribution in [1.29, 1.82) is 0 Å². The number of rotatable bonds is 14. The Morgan fingerprint density at radius 3 is 2.55 bits per heavy atom. The zero-order valence-corrected chi connectivity index (χ0v) is 37.4. The number of carbonyl (C=O) groups is 1. The largest absolute Gasteiger partial charge is 0.455 e. The van der Waals surface area contributed by atoms with Gasteiger partial charge in [-0.1, -0.05) is 25.0 Å². The molecule has 2 aliphatic heterocycles. The minimum absolute atomic E-state index is 0.0588. The molecule has 3 N–H and O–H groups in total. The van der Waals surface area contributed by atoms with E-state index in [-0.39, 0.29) is 34.3 Å². The number of anilines is 2. The molecule has 3 saturated carbocycles. The third kappa shape index (κ3) is 8.95. The Labute approximate surface area is 372 Å². The highest BCUT2D eigenvalue weighted by Crippen LogP contribution is 2.70. The van der Waals surface area contributed by atoms with E-state index in [0.717, 1.165) is 75.8 Å². The summed E-state index contributed by atoms with van der Waals surface area (Å²) in [6.45, 7) is 11.1. The van der Waals surface area contributed by atoms with Crippen LogP contribution >= 0.6 is 0 Å². The molecule has 6 aliphatic rings. The average Bonchev–Trinajstić information content (AvgIpc) is 3.99. The third-order valence-electron chi connectivity index (χ3n) is 14.7. The normalized spacial score (nSPS) is 24.1. The number of alkyl halides is 2. The standard InChI is InChI=1S/C47H57F2N7O7S/c1-45(2)12-8-32(38(25-45)39-26-47(46(3,48)49)23-33(39)24-47)29-54-14-16-55(17-15-54)34-4-6-37(42(21-34)63-35-20-31-9-13-50-43(31)52-28-35)44(57)53-64(60,61)36-5-7-40(41(22-36)56(58)59)51-27-30-10-18-62-19-11-30/h4-7,9,13,20-22,28,30,33,39,51H,8,10-12,14-19,23-27,29H2,1-3H3,(H,50,52)(H,53,57)/t33?,39-,47?/m1/s1. The summed E-state index contributed by atoms with van der Waals surface area (Å²) in [4.78, 5) is 37.1. The number of amides is 1. The van der Waals surface area contributed by atoms with E-state index in [1.807, 2.05) is 6.07 Å². The first kappa shape index (κ1) is 44.1. The van der Waals surface area contributed by atoms with Gasteiger partial charge in [0, 0.05) is 87.3 Å². The van der Waals surface area contributed by atoms with Gasteiger partial charge in [-0.25, -0.2) is 26.9 Å². The first-order chi connectivity index (χ1) is 30.5. The van der Waals surface area contributed by atoms with Crippen molar-refractivity contribution >= 4 is 44.0 Å². The number of allylic oxidation sites excluding steroid dienone is 1. The number of carbonyl (C=O) groups excluding carboxylic acids is 1. The van der Waals surface area contributed by atoms with E-state index in [4.69, 9.17) is 9.47 Å². The predicted octanol–water partition coefficient (Wildman–Crippen LogP) is 8.92. The number of nitro groups is 1. The van der Waals surface area contributed by atoms with Crippen LogP contribution in [0.3, 0.4) is 0 Å². The molecular weight excluding hydrogens is 845 g/mol. The van der Waals surface area contributed by atoms with Crippen molar-refractivity contribution in [2.75, 3.05) is 62.7 Å². The number of aromatic nitrogens is 2. The molecule has 4 aromatic rings. The monoisotopic (exact) mass is 901 g/mol. The van der Waals surface area contributed by atoms with Crippen molar-refractivity contribution in [2.24, 2.45) is 28.6 Å². The number of pyridine rings is 1. The maximum atomic E-state index is 14.8. The number of fused-ring (bicyclic) bond motifs is 2. The molecule has 2 aromatic carbocycles. The van der Waals surface area contributed by atoms with Gasteiger partial charge in [0.2, 0.25) is 0 Å². The molecule has 64 heavy (non-hydrogen) atoms. The highest BCUT2D eigenvalue weighted by Gasteiger charge is 2.66. The van der Waals surface area contributed by atoms with E-state index >= 15 is 0 Å². The third-order valence-corrected chi connectivity index (χ3v) is 16.0. The molecule has 342 valence electrons. The van der Waals surface area contributed by atoms with Crippen LogP contribution in [0.1, 0.15) is 82.5 Å². The van der Waals surface area contributed by atoms with Crippen LogP contribution in [0.25, 0.3) is 11.0 Å². The van der Waals surface area contributed by atoms with Crippen LogP contribution < -0.4 is 19.7 Å². The number of hydrogen-bond acceptors (Lipinski definition) is 11. The van der Waals surface area contributed by atoms with Gasteiger partial charge < -0.3 is 24.7 Å². The van der Waals surface area contributed by atoms with Crippen molar-refractivity contribution in [3.63, 3.8) is 0 Å². The second kappa shape index (κ2) is 17.0. The summed E-state index contributed by atoms with van der Waals surface area (Å²) in [5, 5.41) is 16.0. The summed E-state index contributed by atoms with van der Waals surface area (Å²) in [5.41, 5.74) is 3.30. The first-order valence-corrected chi connectivity index (χ1v) is 23.9. The average molecular weight is 902 g/mol. The molecule has 0 unspecified atom stereocenters. The van der Waals surface area contributed by atoms with Crippen LogP contribution in [-0.4, -0.2) is 92.5 Å². The van der Waals surface area contributed by atoms with Crippen molar-refractivity contribution in [1.82, 2.24) is 19.6 Å². The molecule has 4 heterocycles. The van der Waals surface area contributed by atoms with Gasteiger partial charge in [0.15, 0.2) is 0 Å². The first-order valence-electron chi connectivity index (χ1n) is 22.4. The molecular formula is C47H57F2N7O7S. The van der Waals surface area contributed by atoms with Crippen LogP contribution in [0.4, 0.5) is 25.8 Å². The highest BCUT2D eigenvalue weighted by molar-refractivity contribution is 7.90. The molecule has 0 spiro atoms. The summed E-state index contributed by atoms with van der Waals surface area (Å²) >= 11 is 0. The Morgan fingerprint density at radius 1 is 1.06 bits per heavy atom. The number of nitro benzene ring substituents is 1. The van der Waals surface area contributed by atoms with E-state index in [0.29, 0.717) is 69.4 Å². The zero-order valence-electron chi connectivity index (χ0n) is 36.6. The lowest BCUT2D eigenvalue weighted by Crippen LogP contribution is -2.47. The molecule has 2 aromatic heterocycles. The van der Waals surface area contributed by atoms with Gasteiger partial charge in [0.25, 0.3) is 27.5 Å². The zero-order chi connectivity index (χ0) is 45.0. The van der Waals surface area contributed by atoms with E-state index in [1.165, 1.54) is 35.5 Å². The molecule has 2 bridgehead atoms. The molecule has 1 amide bonds. The minimum atomic E-state index is -4.58. The Morgan fingerprint density at radius 2 is 1.83 bits per heavy atom. The van der Waals surface area contributed by atoms with Crippen LogP contribution in [0.15, 0.2) is 77.0 Å². The van der Waals surface area contributed by atoms with Crippen LogP contribution in [0.5, 0.6) is 11.5 Å². The van der Waals surface area contributed by atoms with Gasteiger partial charge in [-0.3, -0.25) is 19.8 Å². The molecule has 4 aliphatic carbocycles. The molecule has 1 atom stereocenters. The quantitative estimate of drug-likeness (QED) is 0.0627. The Balaban J connectivity index is 0.918. The van der Waals surface area contributed by atoms with Gasteiger partial charge in [-0.15, -0.1) is 0 Å². The molecule has 5 fully saturated rings. The Hall–Kier alpha value is -5.13. The lowest BCUT2D eigenvalue weighted by atomic mass is 9.65. The number of nitrogens with zero attached hydrogens (tertiary/aromatic N) is 4. The topological polar surface area (TPSA) is 172 Å². The maximum Gasteiger partial charge on any atom is 0.293 e. The number of H-pyrrole nitrogens is 1. The number of sulfonamides is 1. The molecule has 14 nitrogen and oxygen atoms in total. The second-order valence-electron chi connectivity index (χ2n) is 19.6. The van der Waals surface area contributed by atoms with Crippen molar-refractivity contribution in [3.05, 3.63) is 87.7 Å². The molecule has 10 rings (SSSR count). The number of ether oxygens (including phenoxy) is 2. The summed E-state index contributed by atoms with van der Waals surface area (Å²) in [6, 6.07) is 12.1. The Kier molecular flexibility index (Phi) is 11.7. The van der Waals surface area contributed by atoms with Crippen LogP contribution in [-0.2, 0) is 14.8 Å². The molecule has 2 saturated heterocycles. The van der Waals surface area contributed by atoms with Gasteiger partial charge in [0.1, 0.15) is 22.8 Å². The summed E-state index contributed by atoms with van der Waals surface area (Å²) in [6.07, 6.45) is 9.77. The predicted molar refractivity (Wildman–Crippen MR) is 240 cm³/mol. The van der Waals surface area contributed by atoms with E-state index in [9.17, 15) is 32.1 Å². The number of benzene rings is 2. The number of hydrogen-bond donors (Lipinski definition) is 3. The maximum absolute atomic E-state index is 14.8. The fraction of sp³-hybridized carbons (Fsp3) is 0.532. The number of halogens is 2. The fourth-order valence-corrected chi connectivity index (χ4v) is 11.8. The van der Waals surface area contributed by atoms with Crippen molar-refractivity contribution in [2.45, 2.75) is 83.0 Å². The van der Waals surface area contributed by atoms with Crippen LogP contribution in [0.2, 0.25) is 0 Å². The SMILES string of the molecule is CC1(C)CCC(CN2CCN(c3ccc(C(=O)NS(=O)(=O)c4ccc(NCC5CCOCC5)c([N+](=O)[O-])c4)c(Oc4cnc5[nH]ccc5c4)c3)CC2)=C([C@@H]2CC3(C(C)(F)F)CC2C3)C1. The molecule has 17 heteroatoms. The fourth-order valence-electron chi connectivity index (χ4n) is 10.8. The van der Waals surface area contributed by atoms with Crippen molar-refractivity contribution in [3.8, 4) is 11.5 Å². The number of aromatic amines is 1. The summed E-state index contributed by atoms with van der Waals surface area (Å²) < 4.78 is 70.7. The Bertz CT molecular complexity index is 2570. The smallest absolute Gasteiger partial charge is 0.293 e. The highest BCUT2D eigenvalue weighted by atomic mass is 32.2. The summed E-state index contributed by atoms with van der Waals surface area (Å²) in [5.74, 6) is -2.33. The van der Waals surface area contributed by atoms with E-state index in [1.54, 1.807) is 24.4 Å². The van der Waals surface area contributed by atoms with E-state index < -0.39 is 42.8 Å². The van der Waals surface area contributed by atoms with Gasteiger partial charge >= 0.3 is 0 Å². The van der Waals surface area contributed by atoms with Gasteiger partial charge in [0.05, 0.1) is 21.6 Å². The minimum Gasteiger partial charge on any atom is -0.455 e. The second-order valence-corrected chi connectivity index (χ2v) is 21.2. The molecule has 0 radical (unpaired) electrons. The summed E-state index contributed by atoms with van der Waals surface area (Å²) in [7, 11) is -4.58. The van der Waals surface area contributed by atoms with E-state index in [2.05, 4.69) is 43.7 Å². The van der Waals surface area contributed by atoms with Crippen LogP contribution in [0, 0.1) is 38.7 Å². The van der Waals surface area contributed by atoms with Gasteiger partial charge in [-0.05, 0) is 118 Å². The lowest BCUT2D eigenvalue weighted by molar-refractivity contribution is -0.384.